The molecule has 2 aromatic rings. The molecule has 0 unspecified atom stereocenters. The maximum atomic E-state index is 9.76. The largest absolute Gasteiger partial charge is 0.482 e. The van der Waals surface area contributed by atoms with Crippen LogP contribution >= 0.6 is 0 Å². The number of nitrogens with zero attached hydrogens (tertiary/aromatic N) is 2. The Hall–Kier alpha value is -1.32. The van der Waals surface area contributed by atoms with Crippen LogP contribution in [0.5, 0.6) is 0 Å². The van der Waals surface area contributed by atoms with Crippen LogP contribution in [0.4, 0.5) is 0 Å². The molecule has 2 rings (SSSR count). The van der Waals surface area contributed by atoms with Crippen molar-refractivity contribution in [1.82, 2.24) is 0 Å². The first-order valence-electron chi connectivity index (χ1n) is 5.24. The number of hydrogen-bond donors (Lipinski definition) is 0. The van der Waals surface area contributed by atoms with Crippen molar-refractivity contribution >= 4 is 11.7 Å². The molecule has 1 radical (unpaired) electrons. The predicted molar refractivity (Wildman–Crippen MR) is 71.2 cm³/mol. The Bertz CT molecular complexity index is 535. The summed E-state index contributed by atoms with van der Waals surface area (Å²) in [7, 11) is 0. The average molecular weight is 310 g/mol. The smallest absolute Gasteiger partial charge is 0 e. The monoisotopic (exact) mass is 310 g/mol. The van der Waals surface area contributed by atoms with Crippen molar-refractivity contribution in [2.45, 2.75) is 0 Å². The second-order valence-corrected chi connectivity index (χ2v) is 3.52. The molecule has 0 saturated heterocycles. The summed E-state index contributed by atoms with van der Waals surface area (Å²) in [6.07, 6.45) is 0. The molecule has 0 fully saturated rings. The van der Waals surface area contributed by atoms with Crippen LogP contribution in [0.25, 0.3) is 11.1 Å². The summed E-state index contributed by atoms with van der Waals surface area (Å²) in [6, 6.07) is 18.1. The molecule has 0 atom stereocenters. The van der Waals surface area contributed by atoms with Gasteiger partial charge in [0.05, 0.1) is 0 Å². The van der Waals surface area contributed by atoms with E-state index in [0.717, 1.165) is 0 Å². The van der Waals surface area contributed by atoms with Gasteiger partial charge in [0.1, 0.15) is 0 Å². The van der Waals surface area contributed by atoms with Crippen molar-refractivity contribution in [3.05, 3.63) is 82.9 Å². The summed E-state index contributed by atoms with van der Waals surface area (Å²) in [6.45, 7) is 0. The zero-order valence-electron chi connectivity index (χ0n) is 9.75. The van der Waals surface area contributed by atoms with Gasteiger partial charge in [0.15, 0.2) is 0 Å². The summed E-state index contributed by atoms with van der Waals surface area (Å²) in [5.41, 5.74) is 9.04. The standard InChI is InChI=1S/C14H11N3.Y/c15-13(11-7-3-1-4-8-11)17-14(16)12-9-5-2-6-10-12;/h1-10H,(H-2,15,16,17);/q-2;. The molecule has 18 heavy (non-hydrogen) atoms. The van der Waals surface area contributed by atoms with Gasteiger partial charge in [-0.05, 0) is 11.1 Å². The molecule has 0 aromatic heterocycles. The Morgan fingerprint density at radius 2 is 1.28 bits per heavy atom. The first-order chi connectivity index (χ1) is 8.27. The summed E-state index contributed by atoms with van der Waals surface area (Å²) in [5.74, 6) is -0.0913. The van der Waals surface area contributed by atoms with E-state index in [9.17, 15) is 5.41 Å². The molecule has 0 saturated carbocycles. The molecule has 0 aliphatic carbocycles. The second-order valence-electron chi connectivity index (χ2n) is 3.52. The van der Waals surface area contributed by atoms with Crippen molar-refractivity contribution in [3.8, 4) is 0 Å². The van der Waals surface area contributed by atoms with E-state index >= 15 is 0 Å². The molecule has 2 aromatic carbocycles. The molecule has 3 nitrogen and oxygen atoms in total. The fourth-order valence-electron chi connectivity index (χ4n) is 1.42. The fraction of sp³-hybridized carbons (Fsp3) is 0. The minimum atomic E-state index is -0.139. The van der Waals surface area contributed by atoms with Gasteiger partial charge < -0.3 is 16.1 Å². The SMILES string of the molecule is [N-]=C(N=C([NH-])c1ccccc1)c1ccccc1.[Y]. The minimum Gasteiger partial charge on any atom is -0.482 e. The number of nitrogens with one attached hydrogen (secondary N) is 1. The number of aliphatic imine (C=N–C) groups is 1. The summed E-state index contributed by atoms with van der Waals surface area (Å²) >= 11 is 0. The van der Waals surface area contributed by atoms with Gasteiger partial charge in [0.2, 0.25) is 0 Å². The Labute approximate surface area is 132 Å². The minimum absolute atomic E-state index is 0. The van der Waals surface area contributed by atoms with Crippen LogP contribution in [0, 0.1) is 0 Å². The Morgan fingerprint density at radius 3 is 1.78 bits per heavy atom. The molecule has 4 heteroatoms. The summed E-state index contributed by atoms with van der Waals surface area (Å²) < 4.78 is 0. The van der Waals surface area contributed by atoms with Gasteiger partial charge in [-0.25, -0.2) is 0 Å². The number of benzene rings is 2. The van der Waals surface area contributed by atoms with Gasteiger partial charge in [-0.15, -0.1) is 0 Å². The third-order valence-electron chi connectivity index (χ3n) is 2.30. The molecule has 0 aliphatic rings. The van der Waals surface area contributed by atoms with Crippen LogP contribution in [0.2, 0.25) is 0 Å². The molecule has 0 heterocycles. The Kier molecular flexibility index (Phi) is 5.89. The van der Waals surface area contributed by atoms with Crippen LogP contribution in [0.3, 0.4) is 0 Å². The molecule has 87 valence electrons. The van der Waals surface area contributed by atoms with Crippen molar-refractivity contribution in [2.75, 3.05) is 0 Å². The molecular weight excluding hydrogens is 299 g/mol. The van der Waals surface area contributed by atoms with E-state index in [2.05, 4.69) is 4.99 Å². The molecule has 1 N–H and O–H groups in total. The third kappa shape index (κ3) is 3.86. The van der Waals surface area contributed by atoms with E-state index in [0.29, 0.717) is 11.1 Å². The van der Waals surface area contributed by atoms with E-state index in [1.807, 2.05) is 36.4 Å². The van der Waals surface area contributed by atoms with Crippen LogP contribution in [0.1, 0.15) is 11.1 Å². The van der Waals surface area contributed by atoms with Crippen molar-refractivity contribution in [3.63, 3.8) is 0 Å². The molecular formula is C14H11N3Y-2. The first-order valence-corrected chi connectivity index (χ1v) is 5.24. The third-order valence-corrected chi connectivity index (χ3v) is 2.30. The molecule has 0 bridgehead atoms. The maximum absolute atomic E-state index is 9.76. The van der Waals surface area contributed by atoms with E-state index < -0.39 is 0 Å². The second kappa shape index (κ2) is 7.19. The number of amidine groups is 2. The van der Waals surface area contributed by atoms with Crippen LogP contribution < -0.4 is 0 Å². The Morgan fingerprint density at radius 1 is 0.833 bits per heavy atom. The van der Waals surface area contributed by atoms with Gasteiger partial charge >= 0.3 is 0 Å². The van der Waals surface area contributed by atoms with Crippen molar-refractivity contribution in [2.24, 2.45) is 4.99 Å². The topological polar surface area (TPSA) is 58.5 Å². The van der Waals surface area contributed by atoms with E-state index in [1.165, 1.54) is 0 Å². The van der Waals surface area contributed by atoms with Crippen LogP contribution in [0.15, 0.2) is 65.7 Å². The quantitative estimate of drug-likeness (QED) is 0.602. The van der Waals surface area contributed by atoms with Gasteiger partial charge in [0.25, 0.3) is 0 Å². The van der Waals surface area contributed by atoms with Crippen LogP contribution in [-0.2, 0) is 32.7 Å². The van der Waals surface area contributed by atoms with Gasteiger partial charge in [-0.1, -0.05) is 72.3 Å². The number of rotatable bonds is 2. The maximum Gasteiger partial charge on any atom is 0 e. The van der Waals surface area contributed by atoms with E-state index in [4.69, 9.17) is 5.73 Å². The average Bonchev–Trinajstić information content (AvgIpc) is 2.40. The zero-order valence-corrected chi connectivity index (χ0v) is 12.6. The van der Waals surface area contributed by atoms with Crippen LogP contribution in [-0.4, -0.2) is 11.7 Å². The van der Waals surface area contributed by atoms with Gasteiger partial charge in [-0.3, -0.25) is 0 Å². The molecule has 0 aliphatic heterocycles. The molecule has 0 spiro atoms. The first kappa shape index (κ1) is 14.7. The van der Waals surface area contributed by atoms with Crippen molar-refractivity contribution < 1.29 is 32.7 Å². The van der Waals surface area contributed by atoms with Gasteiger partial charge in [0, 0.05) is 32.7 Å². The van der Waals surface area contributed by atoms with E-state index in [1.54, 1.807) is 24.3 Å². The predicted octanol–water partition coefficient (Wildman–Crippen LogP) is 3.50. The van der Waals surface area contributed by atoms with Gasteiger partial charge in [-0.2, -0.15) is 0 Å². The van der Waals surface area contributed by atoms with E-state index in [-0.39, 0.29) is 44.4 Å². The summed E-state index contributed by atoms with van der Waals surface area (Å²) in [5, 5.41) is 9.76. The zero-order chi connectivity index (χ0) is 12.1. The Balaban J connectivity index is 0.00000162. The van der Waals surface area contributed by atoms with Crippen molar-refractivity contribution in [1.29, 1.82) is 0 Å². The fourth-order valence-corrected chi connectivity index (χ4v) is 1.42. The number of hydrogen-bond acceptors (Lipinski definition) is 0. The summed E-state index contributed by atoms with van der Waals surface area (Å²) in [4.78, 5) is 3.87. The molecule has 0 amide bonds. The normalized spacial score (nSPS) is 10.6.